The van der Waals surface area contributed by atoms with Gasteiger partial charge < -0.3 is 5.32 Å². The second kappa shape index (κ2) is 6.50. The largest absolute Gasteiger partial charge is 0.318 e. The molecule has 0 aromatic heterocycles. The Morgan fingerprint density at radius 1 is 1.33 bits per heavy atom. The minimum absolute atomic E-state index is 0.0427. The van der Waals surface area contributed by atoms with Crippen LogP contribution in [0, 0.1) is 11.3 Å². The molecule has 18 heavy (non-hydrogen) atoms. The molecular weight excluding hydrogens is 250 g/mol. The number of nitriles is 1. The van der Waals surface area contributed by atoms with Crippen LogP contribution in [0.2, 0.25) is 0 Å². The fourth-order valence-electron chi connectivity index (χ4n) is 1.40. The van der Waals surface area contributed by atoms with Gasteiger partial charge in [-0.25, -0.2) is 12.7 Å². The molecule has 1 aromatic carbocycles. The van der Waals surface area contributed by atoms with E-state index in [0.717, 1.165) is 0 Å². The molecule has 0 radical (unpaired) electrons. The highest BCUT2D eigenvalue weighted by Gasteiger charge is 2.17. The van der Waals surface area contributed by atoms with Crippen molar-refractivity contribution in [2.24, 2.45) is 0 Å². The maximum atomic E-state index is 12.0. The average Bonchev–Trinajstić information content (AvgIpc) is 2.36. The quantitative estimate of drug-likeness (QED) is 0.816. The smallest absolute Gasteiger partial charge is 0.218 e. The SMILES string of the molecule is CNCCN(C)S(=O)(=O)Cc1ccc(C#N)cc1. The van der Waals surface area contributed by atoms with Gasteiger partial charge in [0.1, 0.15) is 0 Å². The maximum absolute atomic E-state index is 12.0. The summed E-state index contributed by atoms with van der Waals surface area (Å²) in [4.78, 5) is 0. The van der Waals surface area contributed by atoms with Crippen LogP contribution in [0.15, 0.2) is 24.3 Å². The van der Waals surface area contributed by atoms with Gasteiger partial charge in [-0.1, -0.05) is 12.1 Å². The Labute approximate surface area is 108 Å². The molecule has 6 heteroatoms. The lowest BCUT2D eigenvalue weighted by Crippen LogP contribution is -2.33. The molecular formula is C12H17N3O2S. The molecule has 98 valence electrons. The number of sulfonamides is 1. The summed E-state index contributed by atoms with van der Waals surface area (Å²) >= 11 is 0. The molecule has 1 rings (SSSR count). The van der Waals surface area contributed by atoms with Crippen molar-refractivity contribution in [1.29, 1.82) is 5.26 Å². The van der Waals surface area contributed by atoms with Gasteiger partial charge in [0.05, 0.1) is 17.4 Å². The Balaban J connectivity index is 2.73. The normalized spacial score (nSPS) is 11.4. The summed E-state index contributed by atoms with van der Waals surface area (Å²) in [5, 5.41) is 11.6. The molecule has 0 saturated carbocycles. The molecule has 0 bridgehead atoms. The molecule has 0 amide bonds. The van der Waals surface area contributed by atoms with E-state index in [2.05, 4.69) is 5.32 Å². The van der Waals surface area contributed by atoms with Crippen molar-refractivity contribution in [3.63, 3.8) is 0 Å². The zero-order valence-electron chi connectivity index (χ0n) is 10.5. The highest BCUT2D eigenvalue weighted by atomic mass is 32.2. The fourth-order valence-corrected chi connectivity index (χ4v) is 2.61. The average molecular weight is 267 g/mol. The van der Waals surface area contributed by atoms with E-state index in [0.29, 0.717) is 24.2 Å². The minimum atomic E-state index is -3.29. The zero-order valence-corrected chi connectivity index (χ0v) is 11.4. The number of benzene rings is 1. The first-order valence-corrected chi connectivity index (χ1v) is 7.18. The van der Waals surface area contributed by atoms with Gasteiger partial charge in [-0.2, -0.15) is 5.26 Å². The van der Waals surface area contributed by atoms with Gasteiger partial charge in [0.25, 0.3) is 0 Å². The van der Waals surface area contributed by atoms with Gasteiger partial charge in [0.2, 0.25) is 10.0 Å². The second-order valence-electron chi connectivity index (χ2n) is 3.99. The van der Waals surface area contributed by atoms with E-state index in [-0.39, 0.29) is 5.75 Å². The van der Waals surface area contributed by atoms with E-state index in [1.807, 2.05) is 6.07 Å². The Bertz CT molecular complexity index is 517. The van der Waals surface area contributed by atoms with Crippen molar-refractivity contribution in [3.05, 3.63) is 35.4 Å². The summed E-state index contributed by atoms with van der Waals surface area (Å²) in [5.41, 5.74) is 1.21. The first-order chi connectivity index (χ1) is 8.49. The van der Waals surface area contributed by atoms with Crippen LogP contribution in [0.25, 0.3) is 0 Å². The molecule has 0 atom stereocenters. The molecule has 1 N–H and O–H groups in total. The third-order valence-electron chi connectivity index (χ3n) is 2.58. The maximum Gasteiger partial charge on any atom is 0.218 e. The summed E-state index contributed by atoms with van der Waals surface area (Å²) in [6, 6.07) is 8.58. The number of rotatable bonds is 6. The van der Waals surface area contributed by atoms with Gasteiger partial charge in [-0.3, -0.25) is 0 Å². The summed E-state index contributed by atoms with van der Waals surface area (Å²) in [6.45, 7) is 1.05. The predicted molar refractivity (Wildman–Crippen MR) is 70.3 cm³/mol. The third-order valence-corrected chi connectivity index (χ3v) is 4.41. The number of nitrogens with zero attached hydrogens (tertiary/aromatic N) is 2. The van der Waals surface area contributed by atoms with E-state index < -0.39 is 10.0 Å². The van der Waals surface area contributed by atoms with Crippen molar-refractivity contribution >= 4 is 10.0 Å². The molecule has 0 aliphatic heterocycles. The summed E-state index contributed by atoms with van der Waals surface area (Å²) in [5.74, 6) is -0.0427. The van der Waals surface area contributed by atoms with Crippen LogP contribution < -0.4 is 5.32 Å². The highest BCUT2D eigenvalue weighted by Crippen LogP contribution is 2.10. The Morgan fingerprint density at radius 3 is 2.44 bits per heavy atom. The van der Waals surface area contributed by atoms with Crippen molar-refractivity contribution in [1.82, 2.24) is 9.62 Å². The van der Waals surface area contributed by atoms with Crippen molar-refractivity contribution < 1.29 is 8.42 Å². The minimum Gasteiger partial charge on any atom is -0.318 e. The monoisotopic (exact) mass is 267 g/mol. The summed E-state index contributed by atoms with van der Waals surface area (Å²) in [7, 11) is 0.0499. The van der Waals surface area contributed by atoms with Crippen LogP contribution >= 0.6 is 0 Å². The van der Waals surface area contributed by atoms with Gasteiger partial charge in [0.15, 0.2) is 0 Å². The van der Waals surface area contributed by atoms with E-state index in [1.165, 1.54) is 4.31 Å². The number of hydrogen-bond donors (Lipinski definition) is 1. The molecule has 0 saturated heterocycles. The predicted octanol–water partition coefficient (Wildman–Crippen LogP) is 0.539. The standard InChI is InChI=1S/C12H17N3O2S/c1-14-7-8-15(2)18(16,17)10-12-5-3-11(9-13)4-6-12/h3-6,14H,7-8,10H2,1-2H3. The number of nitrogens with one attached hydrogen (secondary N) is 1. The molecule has 5 nitrogen and oxygen atoms in total. The van der Waals surface area contributed by atoms with Crippen LogP contribution in [0.1, 0.15) is 11.1 Å². The summed E-state index contributed by atoms with van der Waals surface area (Å²) < 4.78 is 25.3. The Hall–Kier alpha value is -1.42. The lowest BCUT2D eigenvalue weighted by Gasteiger charge is -2.16. The third kappa shape index (κ3) is 4.11. The zero-order chi connectivity index (χ0) is 13.6. The molecule has 0 unspecified atom stereocenters. The molecule has 0 aliphatic rings. The lowest BCUT2D eigenvalue weighted by molar-refractivity contribution is 0.465. The number of hydrogen-bond acceptors (Lipinski definition) is 4. The van der Waals surface area contributed by atoms with Crippen LogP contribution in [-0.4, -0.2) is 39.9 Å². The Morgan fingerprint density at radius 2 is 1.94 bits per heavy atom. The van der Waals surface area contributed by atoms with Gasteiger partial charge >= 0.3 is 0 Å². The molecule has 0 aliphatic carbocycles. The van der Waals surface area contributed by atoms with E-state index in [9.17, 15) is 8.42 Å². The van der Waals surface area contributed by atoms with Crippen molar-refractivity contribution in [2.75, 3.05) is 27.2 Å². The molecule has 1 aromatic rings. The van der Waals surface area contributed by atoms with E-state index >= 15 is 0 Å². The number of likely N-dealkylation sites (N-methyl/N-ethyl adjacent to an activating group) is 2. The van der Waals surface area contributed by atoms with Gasteiger partial charge in [-0.05, 0) is 24.7 Å². The first-order valence-electron chi connectivity index (χ1n) is 5.57. The van der Waals surface area contributed by atoms with Crippen LogP contribution in [-0.2, 0) is 15.8 Å². The fraction of sp³-hybridized carbons (Fsp3) is 0.417. The van der Waals surface area contributed by atoms with Crippen LogP contribution in [0.5, 0.6) is 0 Å². The first kappa shape index (κ1) is 14.6. The molecule has 0 heterocycles. The van der Waals surface area contributed by atoms with E-state index in [4.69, 9.17) is 5.26 Å². The van der Waals surface area contributed by atoms with Crippen LogP contribution in [0.3, 0.4) is 0 Å². The molecule has 0 fully saturated rings. The second-order valence-corrected chi connectivity index (χ2v) is 6.07. The van der Waals surface area contributed by atoms with Gasteiger partial charge in [0, 0.05) is 20.1 Å². The highest BCUT2D eigenvalue weighted by molar-refractivity contribution is 7.88. The Kier molecular flexibility index (Phi) is 5.28. The summed E-state index contributed by atoms with van der Waals surface area (Å²) in [6.07, 6.45) is 0. The van der Waals surface area contributed by atoms with E-state index in [1.54, 1.807) is 38.4 Å². The van der Waals surface area contributed by atoms with Crippen LogP contribution in [0.4, 0.5) is 0 Å². The van der Waals surface area contributed by atoms with Gasteiger partial charge in [-0.15, -0.1) is 0 Å². The lowest BCUT2D eigenvalue weighted by atomic mass is 10.2. The van der Waals surface area contributed by atoms with Crippen molar-refractivity contribution in [3.8, 4) is 6.07 Å². The molecule has 0 spiro atoms. The van der Waals surface area contributed by atoms with Crippen molar-refractivity contribution in [2.45, 2.75) is 5.75 Å². The topological polar surface area (TPSA) is 73.2 Å².